The molecule has 1 saturated heterocycles. The zero-order chi connectivity index (χ0) is 45.0. The molecule has 21 heteroatoms. The van der Waals surface area contributed by atoms with Crippen molar-refractivity contribution >= 4 is 56.5 Å². The highest BCUT2D eigenvalue weighted by Gasteiger charge is 2.64. The van der Waals surface area contributed by atoms with Crippen molar-refractivity contribution in [2.24, 2.45) is 17.8 Å². The molecule has 336 valence electrons. The number of pyridine rings is 1. The maximum absolute atomic E-state index is 15.1. The monoisotopic (exact) mass is 921 g/mol. The Morgan fingerprint density at radius 2 is 1.63 bits per heavy atom. The first kappa shape index (κ1) is 45.4. The first-order valence-electron chi connectivity index (χ1n) is 20.4. The molecule has 5 heterocycles. The van der Waals surface area contributed by atoms with Crippen molar-refractivity contribution in [3.63, 3.8) is 0 Å². The number of sulfonamides is 1. The lowest BCUT2D eigenvalue weighted by molar-refractivity contribution is -0.244. The molecule has 0 spiro atoms. The number of alkyl halides is 3. The van der Waals surface area contributed by atoms with E-state index in [1.165, 1.54) is 41.4 Å². The number of carbonyl (C=O) groups excluding carboxylic acids is 4. The van der Waals surface area contributed by atoms with Gasteiger partial charge in [0.05, 0.1) is 11.3 Å². The van der Waals surface area contributed by atoms with Crippen molar-refractivity contribution < 1.29 is 50.2 Å². The highest BCUT2D eigenvalue weighted by atomic mass is 32.2. The predicted octanol–water partition coefficient (Wildman–Crippen LogP) is 6.39. The number of thiazole rings is 2. The van der Waals surface area contributed by atoms with Crippen LogP contribution in [0, 0.1) is 17.8 Å². The van der Waals surface area contributed by atoms with Gasteiger partial charge in [0.25, 0.3) is 5.91 Å². The first-order chi connectivity index (χ1) is 29.0. The topological polar surface area (TPSA) is 199 Å². The van der Waals surface area contributed by atoms with E-state index < -0.39 is 85.4 Å². The number of hydrogen-bond donors (Lipinski definition) is 3. The number of alkyl carbamates (subject to hydrolysis) is 1. The summed E-state index contributed by atoms with van der Waals surface area (Å²) in [5, 5.41) is 10.0. The van der Waals surface area contributed by atoms with E-state index in [0.29, 0.717) is 73.1 Å². The van der Waals surface area contributed by atoms with Crippen LogP contribution < -0.4 is 20.1 Å². The van der Waals surface area contributed by atoms with Gasteiger partial charge in [-0.25, -0.2) is 28.2 Å². The molecule has 4 amide bonds. The fraction of sp³-hybridized carbons (Fsp3) is 0.585. The van der Waals surface area contributed by atoms with Gasteiger partial charge in [0, 0.05) is 47.6 Å². The van der Waals surface area contributed by atoms with Gasteiger partial charge in [-0.05, 0) is 78.1 Å². The van der Waals surface area contributed by atoms with Crippen LogP contribution in [0.3, 0.4) is 0 Å². The van der Waals surface area contributed by atoms with Crippen LogP contribution in [0.4, 0.5) is 18.0 Å². The first-order valence-corrected chi connectivity index (χ1v) is 23.6. The third-order valence-corrected chi connectivity index (χ3v) is 16.2. The minimum absolute atomic E-state index is 0.0530. The van der Waals surface area contributed by atoms with Crippen molar-refractivity contribution in [1.82, 2.24) is 35.2 Å². The number of rotatable bonds is 9. The SMILES string of the molecule is CC1CCC=CC2CC2(C(=O)NS(=O)(=O)C2(C)CC2)NC(=O)C2(C)CC(Oc3cc(-c4nccs4)nc(-c4nccs4)c3)CN2C(=O)C(NC(=O)OC(C)(C)C(F)(F)F)C(C)C1. The number of halogens is 3. The Bertz CT molecular complexity index is 2290. The van der Waals surface area contributed by atoms with Crippen LogP contribution in [0.2, 0.25) is 0 Å². The molecule has 3 N–H and O–H groups in total. The fourth-order valence-electron chi connectivity index (χ4n) is 8.03. The molecule has 4 aliphatic rings. The fourth-order valence-corrected chi connectivity index (χ4v) is 10.5. The Balaban J connectivity index is 1.26. The van der Waals surface area contributed by atoms with Crippen molar-refractivity contribution in [2.45, 2.75) is 126 Å². The van der Waals surface area contributed by atoms with Crippen LogP contribution in [0.15, 0.2) is 47.4 Å². The average Bonchev–Trinajstić information content (AvgIpc) is 3.76. The highest BCUT2D eigenvalue weighted by molar-refractivity contribution is 7.91. The second-order valence-corrected chi connectivity index (χ2v) is 21.9. The van der Waals surface area contributed by atoms with E-state index in [9.17, 15) is 36.0 Å². The summed E-state index contributed by atoms with van der Waals surface area (Å²) in [6, 6.07) is 1.87. The normalized spacial score (nSPS) is 29.0. The molecule has 0 radical (unpaired) electrons. The van der Waals surface area contributed by atoms with Gasteiger partial charge in [-0.15, -0.1) is 22.7 Å². The maximum atomic E-state index is 15.1. The van der Waals surface area contributed by atoms with Crippen molar-refractivity contribution in [1.29, 1.82) is 0 Å². The van der Waals surface area contributed by atoms with E-state index in [1.54, 1.807) is 48.3 Å². The maximum Gasteiger partial charge on any atom is 0.427 e. The molecule has 3 aromatic rings. The van der Waals surface area contributed by atoms with Crippen molar-refractivity contribution in [3.05, 3.63) is 47.4 Å². The largest absolute Gasteiger partial charge is 0.488 e. The van der Waals surface area contributed by atoms with Crippen LogP contribution in [0.5, 0.6) is 5.75 Å². The van der Waals surface area contributed by atoms with E-state index in [2.05, 4.69) is 25.3 Å². The van der Waals surface area contributed by atoms with Crippen molar-refractivity contribution in [3.8, 4) is 27.2 Å². The van der Waals surface area contributed by atoms with E-state index in [-0.39, 0.29) is 25.3 Å². The number of fused-ring (bicyclic) bond motifs is 2. The molecular formula is C41H50F3N7O8S3. The third kappa shape index (κ3) is 9.07. The molecule has 2 saturated carbocycles. The Morgan fingerprint density at radius 1 is 1.00 bits per heavy atom. The third-order valence-electron chi connectivity index (χ3n) is 12.5. The Hall–Kier alpha value is -4.63. The van der Waals surface area contributed by atoms with Gasteiger partial charge in [-0.1, -0.05) is 26.0 Å². The molecule has 3 aromatic heterocycles. The second kappa shape index (κ2) is 16.5. The quantitative estimate of drug-likeness (QED) is 0.201. The van der Waals surface area contributed by atoms with E-state index >= 15 is 4.79 Å². The molecule has 3 fully saturated rings. The van der Waals surface area contributed by atoms with Crippen molar-refractivity contribution in [2.75, 3.05) is 6.54 Å². The number of nitrogens with one attached hydrogen (secondary N) is 3. The minimum Gasteiger partial charge on any atom is -0.488 e. The van der Waals surface area contributed by atoms with Crippen LogP contribution in [-0.4, -0.2) is 98.4 Å². The number of ether oxygens (including phenoxy) is 2. The van der Waals surface area contributed by atoms with Gasteiger partial charge < -0.3 is 25.0 Å². The van der Waals surface area contributed by atoms with Gasteiger partial charge in [0.1, 0.15) is 50.4 Å². The van der Waals surface area contributed by atoms with E-state index in [0.717, 1.165) is 0 Å². The zero-order valence-electron chi connectivity index (χ0n) is 35.1. The van der Waals surface area contributed by atoms with Crippen LogP contribution in [-0.2, 0) is 29.1 Å². The Labute approximate surface area is 365 Å². The molecule has 0 bridgehead atoms. The predicted molar refractivity (Wildman–Crippen MR) is 224 cm³/mol. The molecule has 7 atom stereocenters. The molecule has 2 aliphatic carbocycles. The van der Waals surface area contributed by atoms with Gasteiger partial charge in [0.15, 0.2) is 0 Å². The van der Waals surface area contributed by atoms with Gasteiger partial charge in [-0.2, -0.15) is 13.2 Å². The van der Waals surface area contributed by atoms with Gasteiger partial charge in [-0.3, -0.25) is 19.1 Å². The molecular weight excluding hydrogens is 872 g/mol. The summed E-state index contributed by atoms with van der Waals surface area (Å²) < 4.78 is 80.7. The Kier molecular flexibility index (Phi) is 12.1. The van der Waals surface area contributed by atoms with Gasteiger partial charge in [0.2, 0.25) is 27.4 Å². The summed E-state index contributed by atoms with van der Waals surface area (Å²) >= 11 is 2.71. The van der Waals surface area contributed by atoms with E-state index in [1.807, 2.05) is 13.0 Å². The van der Waals surface area contributed by atoms with Crippen LogP contribution >= 0.6 is 22.7 Å². The number of amides is 4. The standard InChI is InChI=1S/C41H50F3N7O8S3/c1-23-9-7-8-10-25-20-40(25,35(54)50-62(56,57)38(5)11-12-38)49-34(53)39(6)21-27(58-26-18-28(31-45-13-15-60-31)47-29(19-26)32-46-14-16-61-32)22-51(39)33(52)30(24(2)17-23)48-36(55)59-37(3,4)41(42,43)44/h8,10,13-16,18-19,23-25,27,30H,7,9,11-12,17,20-22H2,1-6H3,(H,48,55)(H,49,53)(H,50,54). The van der Waals surface area contributed by atoms with Gasteiger partial charge >= 0.3 is 12.3 Å². The Morgan fingerprint density at radius 3 is 2.19 bits per heavy atom. The lowest BCUT2D eigenvalue weighted by Crippen LogP contribution is -2.64. The minimum atomic E-state index is -4.93. The summed E-state index contributed by atoms with van der Waals surface area (Å²) in [4.78, 5) is 72.1. The molecule has 62 heavy (non-hydrogen) atoms. The molecule has 7 unspecified atom stereocenters. The summed E-state index contributed by atoms with van der Waals surface area (Å²) in [6.45, 7) is 7.81. The number of carbonyl (C=O) groups is 4. The summed E-state index contributed by atoms with van der Waals surface area (Å²) in [6.07, 6.45) is 1.79. The number of nitrogens with zero attached hydrogens (tertiary/aromatic N) is 4. The zero-order valence-corrected chi connectivity index (χ0v) is 37.5. The van der Waals surface area contributed by atoms with E-state index in [4.69, 9.17) is 14.5 Å². The molecule has 15 nitrogen and oxygen atoms in total. The molecule has 7 rings (SSSR count). The molecule has 2 aliphatic heterocycles. The van der Waals surface area contributed by atoms with Crippen LogP contribution in [0.1, 0.15) is 86.5 Å². The number of aromatic nitrogens is 3. The average molecular weight is 922 g/mol. The summed E-state index contributed by atoms with van der Waals surface area (Å²) in [5.74, 6) is -3.46. The number of allylic oxidation sites excluding steroid dienone is 1. The lowest BCUT2D eigenvalue weighted by Gasteiger charge is -2.38. The van der Waals surface area contributed by atoms with Crippen LogP contribution in [0.25, 0.3) is 21.4 Å². The second-order valence-electron chi connectivity index (χ2n) is 17.9. The smallest absolute Gasteiger partial charge is 0.427 e. The number of hydrogen-bond acceptors (Lipinski definition) is 13. The lowest BCUT2D eigenvalue weighted by atomic mass is 9.87. The molecule has 0 aromatic carbocycles. The summed E-state index contributed by atoms with van der Waals surface area (Å²) in [7, 11) is -4.10. The highest BCUT2D eigenvalue weighted by Crippen LogP contribution is 2.48. The summed E-state index contributed by atoms with van der Waals surface area (Å²) in [5.41, 5.74) is -5.42.